The van der Waals surface area contributed by atoms with Crippen LogP contribution in [0.25, 0.3) is 11.8 Å². The smallest absolute Gasteiger partial charge is 0.336 e. The highest BCUT2D eigenvalue weighted by atomic mass is 16.4. The summed E-state index contributed by atoms with van der Waals surface area (Å²) in [5, 5.41) is 21.5. The van der Waals surface area contributed by atoms with Crippen LogP contribution in [0, 0.1) is 0 Å². The third-order valence-electron chi connectivity index (χ3n) is 6.02. The summed E-state index contributed by atoms with van der Waals surface area (Å²) in [6.07, 6.45) is 1.62. The fourth-order valence-corrected chi connectivity index (χ4v) is 3.88. The van der Waals surface area contributed by atoms with Gasteiger partial charge in [0.25, 0.3) is 11.8 Å². The van der Waals surface area contributed by atoms with Gasteiger partial charge in [-0.25, -0.2) is 9.59 Å². The fraction of sp³-hybridized carbons (Fsp3) is 0.0323. The molecule has 0 aliphatic rings. The summed E-state index contributed by atoms with van der Waals surface area (Å²) in [4.78, 5) is 50.1. The van der Waals surface area contributed by atoms with Crippen molar-refractivity contribution in [2.75, 3.05) is 11.9 Å². The van der Waals surface area contributed by atoms with Crippen LogP contribution in [0.15, 0.2) is 103 Å². The second kappa shape index (κ2) is 11.7. The molecule has 8 heteroatoms. The Morgan fingerprint density at radius 1 is 0.641 bits per heavy atom. The van der Waals surface area contributed by atoms with Crippen molar-refractivity contribution in [3.8, 4) is 0 Å². The summed E-state index contributed by atoms with van der Waals surface area (Å²) in [7, 11) is 1.58. The lowest BCUT2D eigenvalue weighted by molar-refractivity contribution is 0.0686. The molecule has 0 aliphatic carbocycles. The molecule has 3 N–H and O–H groups in total. The highest BCUT2D eigenvalue weighted by Gasteiger charge is 2.16. The Bertz CT molecular complexity index is 1560. The van der Waals surface area contributed by atoms with Gasteiger partial charge in [0.1, 0.15) is 0 Å². The SMILES string of the molecule is CN(C(=O)c1ccc(C(=O)O)cc1)c1ccc(C(=O)N/C(=C\c2ccccc2C(=O)O)c2ccccc2)cc1. The number of hydrogen-bond donors (Lipinski definition) is 3. The molecule has 0 heterocycles. The van der Waals surface area contributed by atoms with E-state index in [1.54, 1.807) is 55.6 Å². The zero-order chi connectivity index (χ0) is 27.9. The number of rotatable bonds is 8. The molecule has 0 saturated carbocycles. The van der Waals surface area contributed by atoms with Crippen molar-refractivity contribution in [3.63, 3.8) is 0 Å². The van der Waals surface area contributed by atoms with E-state index in [-0.39, 0.29) is 17.0 Å². The van der Waals surface area contributed by atoms with E-state index in [4.69, 9.17) is 5.11 Å². The predicted octanol–water partition coefficient (Wildman–Crippen LogP) is 5.29. The van der Waals surface area contributed by atoms with E-state index in [0.29, 0.717) is 33.6 Å². The number of amides is 2. The summed E-state index contributed by atoms with van der Waals surface area (Å²) >= 11 is 0. The molecule has 0 aliphatic heterocycles. The number of carbonyl (C=O) groups is 4. The highest BCUT2D eigenvalue weighted by molar-refractivity contribution is 6.07. The van der Waals surface area contributed by atoms with E-state index < -0.39 is 17.8 Å². The summed E-state index contributed by atoms with van der Waals surface area (Å²) in [5.74, 6) is -2.90. The number of anilines is 1. The van der Waals surface area contributed by atoms with Crippen molar-refractivity contribution in [2.45, 2.75) is 0 Å². The molecular formula is C31H24N2O6. The van der Waals surface area contributed by atoms with Crippen molar-refractivity contribution in [3.05, 3.63) is 137 Å². The van der Waals surface area contributed by atoms with E-state index in [9.17, 15) is 24.3 Å². The number of hydrogen-bond acceptors (Lipinski definition) is 4. The van der Waals surface area contributed by atoms with Gasteiger partial charge in [-0.2, -0.15) is 0 Å². The average Bonchev–Trinajstić information content (AvgIpc) is 2.96. The quantitative estimate of drug-likeness (QED) is 0.271. The van der Waals surface area contributed by atoms with Gasteiger partial charge in [0.05, 0.1) is 11.1 Å². The van der Waals surface area contributed by atoms with Crippen molar-refractivity contribution in [1.29, 1.82) is 0 Å². The number of benzene rings is 4. The first-order valence-corrected chi connectivity index (χ1v) is 11.9. The molecule has 0 radical (unpaired) electrons. The molecule has 8 nitrogen and oxygen atoms in total. The van der Waals surface area contributed by atoms with Gasteiger partial charge in [0, 0.05) is 29.6 Å². The van der Waals surface area contributed by atoms with E-state index in [1.807, 2.05) is 30.3 Å². The van der Waals surface area contributed by atoms with Gasteiger partial charge in [-0.05, 0) is 71.8 Å². The first kappa shape index (κ1) is 26.6. The van der Waals surface area contributed by atoms with Crippen molar-refractivity contribution < 1.29 is 29.4 Å². The minimum Gasteiger partial charge on any atom is -0.478 e. The molecular weight excluding hydrogens is 496 g/mol. The minimum atomic E-state index is -1.08. The van der Waals surface area contributed by atoms with E-state index in [0.717, 1.165) is 0 Å². The van der Waals surface area contributed by atoms with Crippen LogP contribution in [0.1, 0.15) is 52.6 Å². The third-order valence-corrected chi connectivity index (χ3v) is 6.02. The summed E-state index contributed by atoms with van der Waals surface area (Å²) in [5.41, 5.74) is 2.94. The summed E-state index contributed by atoms with van der Waals surface area (Å²) in [6, 6.07) is 27.6. The van der Waals surface area contributed by atoms with Gasteiger partial charge >= 0.3 is 11.9 Å². The second-order valence-corrected chi connectivity index (χ2v) is 8.56. The average molecular weight is 521 g/mol. The Labute approximate surface area is 224 Å². The number of carboxylic acid groups (broad SMARTS) is 2. The minimum absolute atomic E-state index is 0.0833. The molecule has 39 heavy (non-hydrogen) atoms. The van der Waals surface area contributed by atoms with Crippen LogP contribution in [0.2, 0.25) is 0 Å². The van der Waals surface area contributed by atoms with E-state index in [2.05, 4.69) is 5.32 Å². The molecule has 4 rings (SSSR count). The molecule has 0 bridgehead atoms. The predicted molar refractivity (Wildman–Crippen MR) is 148 cm³/mol. The first-order valence-electron chi connectivity index (χ1n) is 11.9. The molecule has 0 fully saturated rings. The van der Waals surface area contributed by atoms with Crippen LogP contribution in [-0.4, -0.2) is 41.0 Å². The molecule has 0 saturated heterocycles. The summed E-state index contributed by atoms with van der Waals surface area (Å²) < 4.78 is 0. The van der Waals surface area contributed by atoms with Gasteiger partial charge in [0.2, 0.25) is 0 Å². The maximum atomic E-state index is 13.2. The Kier molecular flexibility index (Phi) is 7.97. The largest absolute Gasteiger partial charge is 0.478 e. The van der Waals surface area contributed by atoms with E-state index in [1.165, 1.54) is 35.2 Å². The fourth-order valence-electron chi connectivity index (χ4n) is 3.88. The molecule has 0 aromatic heterocycles. The monoisotopic (exact) mass is 520 g/mol. The maximum absolute atomic E-state index is 13.2. The number of nitrogens with zero attached hydrogens (tertiary/aromatic N) is 1. The lowest BCUT2D eigenvalue weighted by atomic mass is 10.0. The normalized spacial score (nSPS) is 10.9. The number of nitrogens with one attached hydrogen (secondary N) is 1. The number of carboxylic acids is 2. The van der Waals surface area contributed by atoms with Gasteiger partial charge in [-0.15, -0.1) is 0 Å². The van der Waals surface area contributed by atoms with Gasteiger partial charge in [-0.3, -0.25) is 9.59 Å². The third kappa shape index (κ3) is 6.26. The van der Waals surface area contributed by atoms with Gasteiger partial charge < -0.3 is 20.4 Å². The lowest BCUT2D eigenvalue weighted by Crippen LogP contribution is -2.26. The van der Waals surface area contributed by atoms with Crippen LogP contribution in [0.3, 0.4) is 0 Å². The van der Waals surface area contributed by atoms with Crippen LogP contribution < -0.4 is 10.2 Å². The lowest BCUT2D eigenvalue weighted by Gasteiger charge is -2.18. The first-order chi connectivity index (χ1) is 18.7. The molecule has 0 unspecified atom stereocenters. The van der Waals surface area contributed by atoms with Gasteiger partial charge in [0.15, 0.2) is 0 Å². The number of carbonyl (C=O) groups excluding carboxylic acids is 2. The zero-order valence-corrected chi connectivity index (χ0v) is 20.9. The molecule has 4 aromatic rings. The van der Waals surface area contributed by atoms with Gasteiger partial charge in [-0.1, -0.05) is 48.5 Å². The molecule has 2 amide bonds. The molecule has 4 aromatic carbocycles. The van der Waals surface area contributed by atoms with Crippen LogP contribution in [-0.2, 0) is 0 Å². The van der Waals surface area contributed by atoms with E-state index >= 15 is 0 Å². The van der Waals surface area contributed by atoms with Crippen LogP contribution in [0.5, 0.6) is 0 Å². The maximum Gasteiger partial charge on any atom is 0.336 e. The zero-order valence-electron chi connectivity index (χ0n) is 20.9. The van der Waals surface area contributed by atoms with Crippen LogP contribution in [0.4, 0.5) is 5.69 Å². The molecule has 0 atom stereocenters. The molecule has 0 spiro atoms. The standard InChI is InChI=1S/C31H24N2O6/c1-33(29(35)22-11-13-23(14-12-22)30(36)37)25-17-15-21(16-18-25)28(34)32-27(20-7-3-2-4-8-20)19-24-9-5-6-10-26(24)31(38)39/h2-19H,1H3,(H,32,34)(H,36,37)(H,38,39)/b27-19-. The Balaban J connectivity index is 1.55. The Morgan fingerprint density at radius 2 is 1.21 bits per heavy atom. The highest BCUT2D eigenvalue weighted by Crippen LogP contribution is 2.21. The Morgan fingerprint density at radius 3 is 1.82 bits per heavy atom. The Hall–Kier alpha value is -5.50. The van der Waals surface area contributed by atoms with Crippen molar-refractivity contribution in [2.24, 2.45) is 0 Å². The van der Waals surface area contributed by atoms with Crippen molar-refractivity contribution in [1.82, 2.24) is 5.32 Å². The second-order valence-electron chi connectivity index (χ2n) is 8.56. The topological polar surface area (TPSA) is 124 Å². The summed E-state index contributed by atoms with van der Waals surface area (Å²) in [6.45, 7) is 0. The molecule has 194 valence electrons. The van der Waals surface area contributed by atoms with Crippen LogP contribution >= 0.6 is 0 Å². The number of aromatic carboxylic acids is 2. The van der Waals surface area contributed by atoms with Crippen molar-refractivity contribution >= 4 is 41.2 Å².